The second kappa shape index (κ2) is 7.20. The van der Waals surface area contributed by atoms with Crippen LogP contribution < -0.4 is 10.2 Å². The minimum atomic E-state index is -0.341. The molecular weight excluding hydrogens is 366 g/mol. The molecule has 1 aliphatic carbocycles. The molecule has 0 atom stereocenters. The molecule has 2 aliphatic rings. The van der Waals surface area contributed by atoms with E-state index in [-0.39, 0.29) is 23.4 Å². The van der Waals surface area contributed by atoms with Crippen LogP contribution in [-0.4, -0.2) is 23.5 Å². The number of aromatic nitrogens is 1. The third-order valence-electron chi connectivity index (χ3n) is 5.46. The van der Waals surface area contributed by atoms with Crippen molar-refractivity contribution < 1.29 is 14.1 Å². The lowest BCUT2D eigenvalue weighted by Gasteiger charge is -2.30. The summed E-state index contributed by atoms with van der Waals surface area (Å²) in [4.78, 5) is 27.2. The van der Waals surface area contributed by atoms with Crippen molar-refractivity contribution in [3.05, 3.63) is 65.9 Å². The Morgan fingerprint density at radius 1 is 1.07 bits per heavy atom. The fraction of sp³-hybridized carbons (Fsp3) is 0.261. The summed E-state index contributed by atoms with van der Waals surface area (Å²) in [7, 11) is 0. The van der Waals surface area contributed by atoms with E-state index in [1.54, 1.807) is 6.07 Å². The third-order valence-corrected chi connectivity index (χ3v) is 5.46. The first kappa shape index (κ1) is 17.7. The van der Waals surface area contributed by atoms with Crippen molar-refractivity contribution in [2.24, 2.45) is 5.92 Å². The van der Waals surface area contributed by atoms with Crippen molar-refractivity contribution in [3.63, 3.8) is 0 Å². The molecule has 0 spiro atoms. The van der Waals surface area contributed by atoms with E-state index in [0.29, 0.717) is 11.4 Å². The molecule has 2 aromatic carbocycles. The summed E-state index contributed by atoms with van der Waals surface area (Å²) in [6.45, 7) is 0.740. The van der Waals surface area contributed by atoms with Crippen molar-refractivity contribution in [1.82, 2.24) is 5.16 Å². The summed E-state index contributed by atoms with van der Waals surface area (Å²) in [5.74, 6) is 0.582. The SMILES string of the molecule is O=C(Nc1ccc2c(c1)N(C(=O)C1CC1)CCC2)c1cc(-c2ccccc2)on1. The highest BCUT2D eigenvalue weighted by Gasteiger charge is 2.35. The molecule has 1 aromatic heterocycles. The first-order chi connectivity index (χ1) is 14.2. The molecule has 0 unspecified atom stereocenters. The minimum Gasteiger partial charge on any atom is -0.355 e. The topological polar surface area (TPSA) is 75.4 Å². The molecule has 2 amide bonds. The summed E-state index contributed by atoms with van der Waals surface area (Å²) in [6.07, 6.45) is 3.88. The van der Waals surface area contributed by atoms with Gasteiger partial charge in [-0.1, -0.05) is 41.6 Å². The molecule has 1 N–H and O–H groups in total. The zero-order valence-electron chi connectivity index (χ0n) is 15.9. The van der Waals surface area contributed by atoms with Crippen molar-refractivity contribution >= 4 is 23.2 Å². The predicted octanol–water partition coefficient (Wildman–Crippen LogP) is 4.28. The van der Waals surface area contributed by atoms with Gasteiger partial charge in [0.2, 0.25) is 5.91 Å². The first-order valence-corrected chi connectivity index (χ1v) is 9.97. The number of nitrogens with zero attached hydrogens (tertiary/aromatic N) is 2. The van der Waals surface area contributed by atoms with Crippen molar-refractivity contribution in [1.29, 1.82) is 0 Å². The Hall–Kier alpha value is -3.41. The van der Waals surface area contributed by atoms with Crippen molar-refractivity contribution in [2.75, 3.05) is 16.8 Å². The Labute approximate surface area is 168 Å². The Bertz CT molecular complexity index is 1070. The second-order valence-electron chi connectivity index (χ2n) is 7.61. The van der Waals surface area contributed by atoms with Gasteiger partial charge in [-0.05, 0) is 43.4 Å². The molecule has 1 saturated carbocycles. The molecule has 146 valence electrons. The molecule has 0 saturated heterocycles. The molecule has 1 aliphatic heterocycles. The maximum atomic E-state index is 12.6. The van der Waals surface area contributed by atoms with Crippen LogP contribution in [0.2, 0.25) is 0 Å². The number of rotatable bonds is 4. The van der Waals surface area contributed by atoms with Gasteiger partial charge in [0, 0.05) is 35.5 Å². The Kier molecular flexibility index (Phi) is 4.39. The fourth-order valence-electron chi connectivity index (χ4n) is 3.75. The van der Waals surface area contributed by atoms with E-state index >= 15 is 0 Å². The summed E-state index contributed by atoms with van der Waals surface area (Å²) in [5, 5.41) is 6.78. The van der Waals surface area contributed by atoms with E-state index in [2.05, 4.69) is 10.5 Å². The number of nitrogens with one attached hydrogen (secondary N) is 1. The van der Waals surface area contributed by atoms with Crippen LogP contribution in [0.25, 0.3) is 11.3 Å². The van der Waals surface area contributed by atoms with Gasteiger partial charge in [-0.2, -0.15) is 0 Å². The Balaban J connectivity index is 1.36. The van der Waals surface area contributed by atoms with Gasteiger partial charge < -0.3 is 14.7 Å². The van der Waals surface area contributed by atoms with E-state index in [9.17, 15) is 9.59 Å². The molecule has 6 nitrogen and oxygen atoms in total. The number of anilines is 2. The maximum absolute atomic E-state index is 12.6. The number of hydrogen-bond donors (Lipinski definition) is 1. The standard InChI is InChI=1S/C23H21N3O3/c27-22(19-14-21(29-25-19)16-5-2-1-3-6-16)24-18-11-10-15-7-4-12-26(20(15)13-18)23(28)17-8-9-17/h1-3,5-6,10-11,13-14,17H,4,7-9,12H2,(H,24,27). The molecule has 1 fully saturated rings. The van der Waals surface area contributed by atoms with Crippen LogP contribution in [0.1, 0.15) is 35.3 Å². The quantitative estimate of drug-likeness (QED) is 0.725. The van der Waals surface area contributed by atoms with Crippen LogP contribution in [0, 0.1) is 5.92 Å². The van der Waals surface area contributed by atoms with E-state index in [1.807, 2.05) is 53.4 Å². The molecule has 0 radical (unpaired) electrons. The van der Waals surface area contributed by atoms with Crippen LogP contribution >= 0.6 is 0 Å². The van der Waals surface area contributed by atoms with Crippen molar-refractivity contribution in [2.45, 2.75) is 25.7 Å². The number of fused-ring (bicyclic) bond motifs is 1. The van der Waals surface area contributed by atoms with Gasteiger partial charge in [-0.25, -0.2) is 0 Å². The summed E-state index contributed by atoms with van der Waals surface area (Å²) >= 11 is 0. The van der Waals surface area contributed by atoms with Gasteiger partial charge >= 0.3 is 0 Å². The molecule has 6 heteroatoms. The maximum Gasteiger partial charge on any atom is 0.277 e. The summed E-state index contributed by atoms with van der Waals surface area (Å²) in [6, 6.07) is 16.9. The highest BCUT2D eigenvalue weighted by molar-refractivity contribution is 6.04. The molecule has 0 bridgehead atoms. The van der Waals surface area contributed by atoms with Gasteiger partial charge in [0.1, 0.15) is 0 Å². The molecule has 5 rings (SSSR count). The normalized spacial score (nSPS) is 15.7. The number of hydrogen-bond acceptors (Lipinski definition) is 4. The van der Waals surface area contributed by atoms with Crippen molar-refractivity contribution in [3.8, 4) is 11.3 Å². The van der Waals surface area contributed by atoms with E-state index in [1.165, 1.54) is 0 Å². The zero-order chi connectivity index (χ0) is 19.8. The molecule has 29 heavy (non-hydrogen) atoms. The van der Waals surface area contributed by atoms with Crippen LogP contribution in [-0.2, 0) is 11.2 Å². The molecule has 2 heterocycles. The number of carbonyl (C=O) groups excluding carboxylic acids is 2. The van der Waals surface area contributed by atoms with Gasteiger partial charge in [0.05, 0.1) is 0 Å². The second-order valence-corrected chi connectivity index (χ2v) is 7.61. The summed E-state index contributed by atoms with van der Waals surface area (Å²) < 4.78 is 5.32. The highest BCUT2D eigenvalue weighted by Crippen LogP contribution is 2.37. The number of amides is 2. The molecular formula is C23H21N3O3. The van der Waals surface area contributed by atoms with E-state index in [0.717, 1.165) is 49.0 Å². The van der Waals surface area contributed by atoms with Crippen LogP contribution in [0.4, 0.5) is 11.4 Å². The van der Waals surface area contributed by atoms with E-state index < -0.39 is 0 Å². The van der Waals surface area contributed by atoms with Crippen LogP contribution in [0.5, 0.6) is 0 Å². The van der Waals surface area contributed by atoms with E-state index in [4.69, 9.17) is 4.52 Å². The monoisotopic (exact) mass is 387 g/mol. The number of carbonyl (C=O) groups is 2. The van der Waals surface area contributed by atoms with Gasteiger partial charge in [0.15, 0.2) is 11.5 Å². The van der Waals surface area contributed by atoms with Gasteiger partial charge in [-0.3, -0.25) is 9.59 Å². The van der Waals surface area contributed by atoms with Crippen LogP contribution in [0.15, 0.2) is 59.1 Å². The lowest BCUT2D eigenvalue weighted by Crippen LogP contribution is -2.36. The molecule has 3 aromatic rings. The summed E-state index contributed by atoms with van der Waals surface area (Å²) in [5.41, 5.74) is 3.79. The minimum absolute atomic E-state index is 0.172. The largest absolute Gasteiger partial charge is 0.355 e. The zero-order valence-corrected chi connectivity index (χ0v) is 15.9. The Morgan fingerprint density at radius 2 is 1.90 bits per heavy atom. The lowest BCUT2D eigenvalue weighted by molar-refractivity contribution is -0.119. The van der Waals surface area contributed by atoms with Crippen LogP contribution in [0.3, 0.4) is 0 Å². The third kappa shape index (κ3) is 3.53. The lowest BCUT2D eigenvalue weighted by atomic mass is 10.0. The fourth-order valence-corrected chi connectivity index (χ4v) is 3.75. The predicted molar refractivity (Wildman–Crippen MR) is 110 cm³/mol. The highest BCUT2D eigenvalue weighted by atomic mass is 16.5. The first-order valence-electron chi connectivity index (χ1n) is 9.97. The average molecular weight is 387 g/mol. The van der Waals surface area contributed by atoms with Gasteiger partial charge in [-0.15, -0.1) is 0 Å². The smallest absolute Gasteiger partial charge is 0.277 e. The van der Waals surface area contributed by atoms with Gasteiger partial charge in [0.25, 0.3) is 5.91 Å². The number of benzene rings is 2. The Morgan fingerprint density at radius 3 is 2.69 bits per heavy atom. The number of aryl methyl sites for hydroxylation is 1. The average Bonchev–Trinajstić information content (AvgIpc) is 3.49.